The lowest BCUT2D eigenvalue weighted by Gasteiger charge is -2.30. The van der Waals surface area contributed by atoms with Crippen LogP contribution >= 0.6 is 0 Å². The second-order valence-corrected chi connectivity index (χ2v) is 4.94. The molecule has 0 radical (unpaired) electrons. The van der Waals surface area contributed by atoms with Crippen molar-refractivity contribution in [2.24, 2.45) is 0 Å². The monoisotopic (exact) mass is 282 g/mol. The number of hydrogen-bond acceptors (Lipinski definition) is 2. The summed E-state index contributed by atoms with van der Waals surface area (Å²) in [7, 11) is 1.61. The average Bonchev–Trinajstić information content (AvgIpc) is 2.42. The molecule has 1 aliphatic rings. The molecule has 1 saturated carbocycles. The Balaban J connectivity index is 1.98. The summed E-state index contributed by atoms with van der Waals surface area (Å²) in [5.41, 5.74) is -0.0601. The third-order valence-corrected chi connectivity index (χ3v) is 3.55. The molecule has 0 heterocycles. The van der Waals surface area contributed by atoms with Crippen molar-refractivity contribution in [2.45, 2.75) is 31.7 Å². The van der Waals surface area contributed by atoms with Gasteiger partial charge in [-0.3, -0.25) is 4.79 Å². The summed E-state index contributed by atoms with van der Waals surface area (Å²) in [6.45, 7) is 0. The fourth-order valence-corrected chi connectivity index (χ4v) is 2.27. The predicted molar refractivity (Wildman–Crippen MR) is 70.4 cm³/mol. The highest BCUT2D eigenvalue weighted by molar-refractivity contribution is 5.89. The van der Waals surface area contributed by atoms with Crippen LogP contribution in [0.3, 0.4) is 0 Å². The Morgan fingerprint density at radius 1 is 1.30 bits per heavy atom. The Hall–Kier alpha value is -1.98. The molecule has 6 heteroatoms. The number of halogens is 2. The lowest BCUT2D eigenvalue weighted by Crippen LogP contribution is -2.42. The molecule has 108 valence electrons. The Morgan fingerprint density at radius 3 is 2.55 bits per heavy atom. The number of hydrogen-bond donors (Lipinski definition) is 1. The van der Waals surface area contributed by atoms with E-state index in [2.05, 4.69) is 5.32 Å². The Labute approximate surface area is 115 Å². The van der Waals surface area contributed by atoms with Gasteiger partial charge < -0.3 is 10.2 Å². The first-order valence-electron chi connectivity index (χ1n) is 6.48. The van der Waals surface area contributed by atoms with E-state index in [9.17, 15) is 18.4 Å². The van der Waals surface area contributed by atoms with Crippen LogP contribution in [0.2, 0.25) is 0 Å². The van der Waals surface area contributed by atoms with E-state index in [-0.39, 0.29) is 17.5 Å². The summed E-state index contributed by atoms with van der Waals surface area (Å²) in [6.07, 6.45) is 2.17. The van der Waals surface area contributed by atoms with Crippen LogP contribution in [0.5, 0.6) is 0 Å². The van der Waals surface area contributed by atoms with Crippen LogP contribution in [0, 0.1) is 11.6 Å². The third-order valence-electron chi connectivity index (χ3n) is 3.55. The first-order valence-corrected chi connectivity index (χ1v) is 6.48. The van der Waals surface area contributed by atoms with Gasteiger partial charge in [-0.05, 0) is 25.0 Å². The molecule has 2 rings (SSSR count). The van der Waals surface area contributed by atoms with E-state index in [0.717, 1.165) is 12.1 Å². The average molecular weight is 282 g/mol. The molecule has 1 fully saturated rings. The number of Topliss-reactive ketones (excluding diaryl/α,β-unsaturated/α-hetero) is 1. The molecule has 0 aliphatic heterocycles. The molecule has 0 saturated heterocycles. The van der Waals surface area contributed by atoms with E-state index < -0.39 is 17.7 Å². The summed E-state index contributed by atoms with van der Waals surface area (Å²) < 4.78 is 26.2. The normalized spacial score (nSPS) is 16.1. The van der Waals surface area contributed by atoms with Gasteiger partial charge in [0, 0.05) is 32.0 Å². The van der Waals surface area contributed by atoms with Gasteiger partial charge in [0.25, 0.3) is 0 Å². The number of nitrogens with zero attached hydrogens (tertiary/aromatic N) is 1. The number of anilines is 1. The Morgan fingerprint density at radius 2 is 1.95 bits per heavy atom. The van der Waals surface area contributed by atoms with Crippen molar-refractivity contribution in [3.05, 3.63) is 29.8 Å². The Bertz CT molecular complexity index is 524. The van der Waals surface area contributed by atoms with E-state index in [1.54, 1.807) is 7.05 Å². The molecule has 1 N–H and O–H groups in total. The molecule has 20 heavy (non-hydrogen) atoms. The van der Waals surface area contributed by atoms with Crippen LogP contribution in [-0.2, 0) is 4.79 Å². The molecule has 1 aromatic rings. The molecule has 1 aliphatic carbocycles. The van der Waals surface area contributed by atoms with Crippen LogP contribution in [0.15, 0.2) is 18.2 Å². The predicted octanol–water partition coefficient (Wildman–Crippen LogP) is 2.94. The maximum absolute atomic E-state index is 13.4. The largest absolute Gasteiger partial charge is 0.325 e. The zero-order valence-corrected chi connectivity index (χ0v) is 11.2. The summed E-state index contributed by atoms with van der Waals surface area (Å²) in [6, 6.07) is 2.49. The molecule has 0 bridgehead atoms. The van der Waals surface area contributed by atoms with Gasteiger partial charge in [0.05, 0.1) is 5.69 Å². The van der Waals surface area contributed by atoms with Crippen molar-refractivity contribution in [1.82, 2.24) is 4.90 Å². The van der Waals surface area contributed by atoms with E-state index in [4.69, 9.17) is 0 Å². The first kappa shape index (κ1) is 14.4. The zero-order chi connectivity index (χ0) is 14.7. The maximum atomic E-state index is 13.4. The number of benzene rings is 1. The van der Waals surface area contributed by atoms with Crippen LogP contribution in [0.4, 0.5) is 19.3 Å². The van der Waals surface area contributed by atoms with Gasteiger partial charge >= 0.3 is 6.03 Å². The molecular formula is C14H16F2N2O2. The SMILES string of the molecule is CN(C(=O)Nc1ccc(F)cc1F)C1CCC(=O)CC1. The van der Waals surface area contributed by atoms with Gasteiger partial charge in [-0.1, -0.05) is 0 Å². The lowest BCUT2D eigenvalue weighted by molar-refractivity contribution is -0.121. The van der Waals surface area contributed by atoms with Gasteiger partial charge in [0.1, 0.15) is 17.4 Å². The minimum Gasteiger partial charge on any atom is -0.325 e. The second kappa shape index (κ2) is 5.98. The smallest absolute Gasteiger partial charge is 0.321 e. The highest BCUT2D eigenvalue weighted by Gasteiger charge is 2.25. The lowest BCUT2D eigenvalue weighted by atomic mass is 9.93. The highest BCUT2D eigenvalue weighted by Crippen LogP contribution is 2.21. The standard InChI is InChI=1S/C14H16F2N2O2/c1-18(10-3-5-11(19)6-4-10)14(20)17-13-7-2-9(15)8-12(13)16/h2,7-8,10H,3-6H2,1H3,(H,17,20). The molecule has 0 unspecified atom stereocenters. The van der Waals surface area contributed by atoms with Crippen molar-refractivity contribution < 1.29 is 18.4 Å². The van der Waals surface area contributed by atoms with Crippen LogP contribution < -0.4 is 5.32 Å². The van der Waals surface area contributed by atoms with E-state index in [0.29, 0.717) is 25.7 Å². The summed E-state index contributed by atoms with van der Waals surface area (Å²) in [5, 5.41) is 2.41. The molecule has 4 nitrogen and oxygen atoms in total. The Kier molecular flexibility index (Phi) is 4.32. The van der Waals surface area contributed by atoms with Gasteiger partial charge in [0.2, 0.25) is 0 Å². The number of amides is 2. The highest BCUT2D eigenvalue weighted by atomic mass is 19.1. The zero-order valence-electron chi connectivity index (χ0n) is 11.2. The number of ketones is 1. The minimum absolute atomic E-state index is 0.0313. The van der Waals surface area contributed by atoms with Gasteiger partial charge in [-0.15, -0.1) is 0 Å². The van der Waals surface area contributed by atoms with E-state index in [1.807, 2.05) is 0 Å². The summed E-state index contributed by atoms with van der Waals surface area (Å²) in [5.74, 6) is -1.30. The molecule has 2 amide bonds. The van der Waals surface area contributed by atoms with Crippen LogP contribution in [0.1, 0.15) is 25.7 Å². The maximum Gasteiger partial charge on any atom is 0.321 e. The quantitative estimate of drug-likeness (QED) is 0.906. The number of carbonyl (C=O) groups excluding carboxylic acids is 2. The van der Waals surface area contributed by atoms with Crippen LogP contribution in [0.25, 0.3) is 0 Å². The fraction of sp³-hybridized carbons (Fsp3) is 0.429. The van der Waals surface area contributed by atoms with Gasteiger partial charge in [-0.2, -0.15) is 0 Å². The first-order chi connectivity index (χ1) is 9.47. The van der Waals surface area contributed by atoms with Crippen LogP contribution in [-0.4, -0.2) is 29.8 Å². The number of nitrogens with one attached hydrogen (secondary N) is 1. The minimum atomic E-state index is -0.814. The second-order valence-electron chi connectivity index (χ2n) is 4.94. The van der Waals surface area contributed by atoms with E-state index >= 15 is 0 Å². The molecule has 0 aromatic heterocycles. The van der Waals surface area contributed by atoms with Crippen molar-refractivity contribution >= 4 is 17.5 Å². The summed E-state index contributed by atoms with van der Waals surface area (Å²) in [4.78, 5) is 24.6. The number of urea groups is 1. The van der Waals surface area contributed by atoms with E-state index in [1.165, 1.54) is 11.0 Å². The third kappa shape index (κ3) is 3.31. The van der Waals surface area contributed by atoms with Gasteiger partial charge in [-0.25, -0.2) is 13.6 Å². The fourth-order valence-electron chi connectivity index (χ4n) is 2.27. The molecular weight excluding hydrogens is 266 g/mol. The summed E-state index contributed by atoms with van der Waals surface area (Å²) >= 11 is 0. The molecule has 0 spiro atoms. The topological polar surface area (TPSA) is 49.4 Å². The number of rotatable bonds is 2. The molecule has 0 atom stereocenters. The number of carbonyl (C=O) groups is 2. The van der Waals surface area contributed by atoms with Crippen molar-refractivity contribution in [3.8, 4) is 0 Å². The van der Waals surface area contributed by atoms with Crippen molar-refractivity contribution in [3.63, 3.8) is 0 Å². The molecule has 1 aromatic carbocycles. The van der Waals surface area contributed by atoms with Crippen molar-refractivity contribution in [2.75, 3.05) is 12.4 Å². The van der Waals surface area contributed by atoms with Gasteiger partial charge in [0.15, 0.2) is 0 Å². The van der Waals surface area contributed by atoms with Crippen molar-refractivity contribution in [1.29, 1.82) is 0 Å².